The lowest BCUT2D eigenvalue weighted by Crippen LogP contribution is -2.38. The predicted molar refractivity (Wildman–Crippen MR) is 109 cm³/mol. The van der Waals surface area contributed by atoms with E-state index in [2.05, 4.69) is 30.3 Å². The van der Waals surface area contributed by atoms with Crippen LogP contribution in [0.4, 0.5) is 5.69 Å². The van der Waals surface area contributed by atoms with Crippen LogP contribution in [-0.4, -0.2) is 12.5 Å². The summed E-state index contributed by atoms with van der Waals surface area (Å²) in [5.74, 6) is 0.164. The second-order valence-electron chi connectivity index (χ2n) is 6.44. The molecule has 1 aliphatic heterocycles. The molecule has 0 aromatic heterocycles. The van der Waals surface area contributed by atoms with E-state index in [1.54, 1.807) is 11.8 Å². The van der Waals surface area contributed by atoms with Crippen LogP contribution in [0.3, 0.4) is 0 Å². The maximum Gasteiger partial charge on any atom is 0.244 e. The van der Waals surface area contributed by atoms with Crippen LogP contribution in [0, 0.1) is 0 Å². The molecule has 1 aliphatic rings. The van der Waals surface area contributed by atoms with Gasteiger partial charge in [0.2, 0.25) is 5.91 Å². The van der Waals surface area contributed by atoms with Gasteiger partial charge in [0.05, 0.1) is 0 Å². The molecule has 0 saturated heterocycles. The van der Waals surface area contributed by atoms with Gasteiger partial charge in [-0.1, -0.05) is 66.7 Å². The van der Waals surface area contributed by atoms with Gasteiger partial charge in [0.25, 0.3) is 0 Å². The lowest BCUT2D eigenvalue weighted by atomic mass is 10.0. The Hall–Kier alpha value is -2.52. The highest BCUT2D eigenvalue weighted by Crippen LogP contribution is 2.39. The summed E-state index contributed by atoms with van der Waals surface area (Å²) in [6.07, 6.45) is 2.06. The lowest BCUT2D eigenvalue weighted by molar-refractivity contribution is -0.118. The first-order valence-corrected chi connectivity index (χ1v) is 9.87. The van der Waals surface area contributed by atoms with Crippen molar-refractivity contribution in [2.75, 3.05) is 11.4 Å². The monoisotopic (exact) mass is 359 g/mol. The highest BCUT2D eigenvalue weighted by molar-refractivity contribution is 8.00. The zero-order chi connectivity index (χ0) is 17.8. The number of thioether (sulfide) groups is 1. The van der Waals surface area contributed by atoms with E-state index in [1.165, 1.54) is 5.56 Å². The third kappa shape index (κ3) is 3.54. The minimum Gasteiger partial charge on any atom is -0.311 e. The number of fused-ring (bicyclic) bond motifs is 1. The van der Waals surface area contributed by atoms with Crippen molar-refractivity contribution in [3.8, 4) is 0 Å². The molecule has 1 unspecified atom stereocenters. The van der Waals surface area contributed by atoms with E-state index in [4.69, 9.17) is 0 Å². The number of rotatable bonds is 4. The molecule has 0 fully saturated rings. The first-order valence-electron chi connectivity index (χ1n) is 8.99. The number of anilines is 1. The highest BCUT2D eigenvalue weighted by atomic mass is 32.2. The molecular formula is C23H21NOS. The number of aryl methyl sites for hydroxylation is 1. The van der Waals surface area contributed by atoms with Gasteiger partial charge in [-0.3, -0.25) is 4.79 Å². The summed E-state index contributed by atoms with van der Waals surface area (Å²) in [5.41, 5.74) is 3.39. The molecule has 0 N–H and O–H groups in total. The Labute approximate surface area is 158 Å². The Balaban J connectivity index is 1.69. The molecule has 3 aromatic carbocycles. The summed E-state index contributed by atoms with van der Waals surface area (Å²) in [6.45, 7) is 0.786. The molecule has 2 nitrogen and oxygen atoms in total. The van der Waals surface area contributed by atoms with E-state index in [1.807, 2.05) is 59.5 Å². The maximum absolute atomic E-state index is 13.6. The number of carbonyl (C=O) groups is 1. The number of para-hydroxylation sites is 1. The first kappa shape index (κ1) is 16.9. The number of hydrogen-bond donors (Lipinski definition) is 0. The van der Waals surface area contributed by atoms with E-state index in [0.717, 1.165) is 35.5 Å². The van der Waals surface area contributed by atoms with Crippen molar-refractivity contribution in [2.24, 2.45) is 0 Å². The van der Waals surface area contributed by atoms with Crippen LogP contribution in [0.5, 0.6) is 0 Å². The standard InChI is InChI=1S/C23H21NOS/c25-23(24-17-9-13-18-10-7-8-16-21(18)24)22(19-11-3-1-4-12-19)26-20-14-5-2-6-15-20/h1-8,10-12,14-16,22H,9,13,17H2. The average Bonchev–Trinajstić information content (AvgIpc) is 2.72. The molecule has 0 spiro atoms. The fraction of sp³-hybridized carbons (Fsp3) is 0.174. The topological polar surface area (TPSA) is 20.3 Å². The van der Waals surface area contributed by atoms with Crippen molar-refractivity contribution in [1.82, 2.24) is 0 Å². The first-order chi connectivity index (χ1) is 12.8. The quantitative estimate of drug-likeness (QED) is 0.573. The Morgan fingerprint density at radius 1 is 0.846 bits per heavy atom. The van der Waals surface area contributed by atoms with E-state index in [9.17, 15) is 4.79 Å². The van der Waals surface area contributed by atoms with Gasteiger partial charge >= 0.3 is 0 Å². The second kappa shape index (κ2) is 7.79. The van der Waals surface area contributed by atoms with Gasteiger partial charge in [-0.25, -0.2) is 0 Å². The third-order valence-electron chi connectivity index (χ3n) is 4.70. The van der Waals surface area contributed by atoms with Crippen LogP contribution in [0.2, 0.25) is 0 Å². The summed E-state index contributed by atoms with van der Waals surface area (Å²) < 4.78 is 0. The molecule has 3 aromatic rings. The maximum atomic E-state index is 13.6. The predicted octanol–water partition coefficient (Wildman–Crippen LogP) is 5.50. The van der Waals surface area contributed by atoms with Gasteiger partial charge in [0.15, 0.2) is 0 Å². The summed E-state index contributed by atoms with van der Waals surface area (Å²) in [6, 6.07) is 28.6. The van der Waals surface area contributed by atoms with E-state index in [-0.39, 0.29) is 11.2 Å². The van der Waals surface area contributed by atoms with Crippen LogP contribution in [0.25, 0.3) is 0 Å². The number of nitrogens with zero attached hydrogens (tertiary/aromatic N) is 1. The molecule has 0 radical (unpaired) electrons. The number of amides is 1. The van der Waals surface area contributed by atoms with Crippen LogP contribution < -0.4 is 4.90 Å². The molecule has 0 aliphatic carbocycles. The molecular weight excluding hydrogens is 338 g/mol. The van der Waals surface area contributed by atoms with Crippen molar-refractivity contribution >= 4 is 23.4 Å². The summed E-state index contributed by atoms with van der Waals surface area (Å²) in [4.78, 5) is 16.7. The van der Waals surface area contributed by atoms with Crippen molar-refractivity contribution in [1.29, 1.82) is 0 Å². The van der Waals surface area contributed by atoms with E-state index in [0.29, 0.717) is 0 Å². The van der Waals surface area contributed by atoms with Crippen LogP contribution in [0.15, 0.2) is 89.8 Å². The molecule has 1 atom stereocenters. The minimum absolute atomic E-state index is 0.164. The van der Waals surface area contributed by atoms with Crippen LogP contribution in [0.1, 0.15) is 22.8 Å². The highest BCUT2D eigenvalue weighted by Gasteiger charge is 2.30. The van der Waals surface area contributed by atoms with Crippen molar-refractivity contribution in [2.45, 2.75) is 23.0 Å². The Morgan fingerprint density at radius 2 is 1.50 bits per heavy atom. The molecule has 1 heterocycles. The van der Waals surface area contributed by atoms with Crippen molar-refractivity contribution in [3.05, 3.63) is 96.1 Å². The summed E-state index contributed by atoms with van der Waals surface area (Å²) in [5, 5.41) is -0.246. The van der Waals surface area contributed by atoms with Crippen LogP contribution >= 0.6 is 11.8 Å². The Bertz CT molecular complexity index is 879. The van der Waals surface area contributed by atoms with Gasteiger partial charge in [0.1, 0.15) is 5.25 Å². The molecule has 4 rings (SSSR count). The molecule has 0 bridgehead atoms. The van der Waals surface area contributed by atoms with Gasteiger partial charge in [-0.05, 0) is 42.2 Å². The minimum atomic E-state index is -0.246. The SMILES string of the molecule is O=C(C(Sc1ccccc1)c1ccccc1)N1CCCc2ccccc21. The molecule has 0 saturated carbocycles. The number of hydrogen-bond acceptors (Lipinski definition) is 2. The van der Waals surface area contributed by atoms with Gasteiger partial charge in [-0.2, -0.15) is 0 Å². The molecule has 26 heavy (non-hydrogen) atoms. The molecule has 1 amide bonds. The zero-order valence-corrected chi connectivity index (χ0v) is 15.4. The Morgan fingerprint density at radius 3 is 2.27 bits per heavy atom. The smallest absolute Gasteiger partial charge is 0.244 e. The van der Waals surface area contributed by atoms with Gasteiger partial charge in [0, 0.05) is 17.1 Å². The van der Waals surface area contributed by atoms with E-state index >= 15 is 0 Å². The zero-order valence-electron chi connectivity index (χ0n) is 14.5. The third-order valence-corrected chi connectivity index (χ3v) is 5.95. The fourth-order valence-electron chi connectivity index (χ4n) is 3.43. The summed E-state index contributed by atoms with van der Waals surface area (Å²) in [7, 11) is 0. The fourth-order valence-corrected chi connectivity index (χ4v) is 4.54. The molecule has 3 heteroatoms. The van der Waals surface area contributed by atoms with Gasteiger partial charge in [-0.15, -0.1) is 11.8 Å². The largest absolute Gasteiger partial charge is 0.311 e. The lowest BCUT2D eigenvalue weighted by Gasteiger charge is -2.32. The molecule has 130 valence electrons. The van der Waals surface area contributed by atoms with Gasteiger partial charge < -0.3 is 4.90 Å². The van der Waals surface area contributed by atoms with E-state index < -0.39 is 0 Å². The number of benzene rings is 3. The Kier molecular flexibility index (Phi) is 5.07. The normalized spacial score (nSPS) is 14.5. The average molecular weight is 359 g/mol. The number of carbonyl (C=O) groups excluding carboxylic acids is 1. The van der Waals surface area contributed by atoms with Crippen molar-refractivity contribution < 1.29 is 4.79 Å². The van der Waals surface area contributed by atoms with Crippen molar-refractivity contribution in [3.63, 3.8) is 0 Å². The summed E-state index contributed by atoms with van der Waals surface area (Å²) >= 11 is 1.63. The second-order valence-corrected chi connectivity index (χ2v) is 7.62. The van der Waals surface area contributed by atoms with Crippen LogP contribution in [-0.2, 0) is 11.2 Å².